The maximum absolute atomic E-state index is 12.7. The summed E-state index contributed by atoms with van der Waals surface area (Å²) in [6, 6.07) is 7.17. The van der Waals surface area contributed by atoms with Gasteiger partial charge in [0.15, 0.2) is 18.1 Å². The highest BCUT2D eigenvalue weighted by Gasteiger charge is 2.28. The number of nitro benzene ring substituents is 1. The van der Waals surface area contributed by atoms with Crippen LogP contribution in [0.15, 0.2) is 30.3 Å². The van der Waals surface area contributed by atoms with Crippen LogP contribution in [-0.4, -0.2) is 57.7 Å². The van der Waals surface area contributed by atoms with Crippen molar-refractivity contribution >= 4 is 23.1 Å². The third-order valence-corrected chi connectivity index (χ3v) is 5.94. The summed E-state index contributed by atoms with van der Waals surface area (Å²) in [6.45, 7) is 5.08. The number of piperidine rings is 1. The molecule has 188 valence electrons. The predicted molar refractivity (Wildman–Crippen MR) is 129 cm³/mol. The Morgan fingerprint density at radius 2 is 1.57 bits per heavy atom. The predicted octanol–water partition coefficient (Wildman–Crippen LogP) is 4.14. The molecule has 1 heterocycles. The van der Waals surface area contributed by atoms with Gasteiger partial charge in [0, 0.05) is 24.7 Å². The van der Waals surface area contributed by atoms with Crippen LogP contribution in [0.25, 0.3) is 0 Å². The molecule has 35 heavy (non-hydrogen) atoms. The number of nitrogens with zero attached hydrogens (tertiary/aromatic N) is 2. The molecule has 1 aliphatic heterocycles. The van der Waals surface area contributed by atoms with E-state index in [0.717, 1.165) is 6.42 Å². The molecule has 0 N–H and O–H groups in total. The molecule has 10 nitrogen and oxygen atoms in total. The van der Waals surface area contributed by atoms with Crippen molar-refractivity contribution in [1.82, 2.24) is 0 Å². The first-order valence-corrected chi connectivity index (χ1v) is 11.2. The molecule has 0 bridgehead atoms. The molecule has 1 saturated heterocycles. The number of Topliss-reactive ketones (excluding diaryl/α,β-unsaturated/α-hetero) is 1. The highest BCUT2D eigenvalue weighted by molar-refractivity contribution is 6.00. The van der Waals surface area contributed by atoms with Crippen LogP contribution in [0.3, 0.4) is 0 Å². The fourth-order valence-electron chi connectivity index (χ4n) is 4.46. The zero-order valence-electron chi connectivity index (χ0n) is 20.5. The third kappa shape index (κ3) is 5.82. The number of ether oxygens (including phenoxy) is 4. The number of nitro groups is 1. The van der Waals surface area contributed by atoms with Crippen molar-refractivity contribution in [2.24, 2.45) is 11.8 Å². The molecule has 0 aromatic heterocycles. The Hall–Kier alpha value is -3.82. The number of carbonyl (C=O) groups is 2. The number of hydrogen-bond donors (Lipinski definition) is 0. The Balaban J connectivity index is 1.76. The SMILES string of the molecule is COc1cc(C(=O)COC(=O)c2ccc(N3CC(C)CC(C)C3)c([N+](=O)[O-])c2)cc(OC)c1OC. The molecule has 0 amide bonds. The number of esters is 1. The van der Waals surface area contributed by atoms with Gasteiger partial charge in [0.1, 0.15) is 5.69 Å². The van der Waals surface area contributed by atoms with Gasteiger partial charge in [-0.15, -0.1) is 0 Å². The van der Waals surface area contributed by atoms with Gasteiger partial charge in [-0.05, 0) is 42.5 Å². The van der Waals surface area contributed by atoms with E-state index in [-0.39, 0.29) is 28.3 Å². The smallest absolute Gasteiger partial charge is 0.338 e. The van der Waals surface area contributed by atoms with Crippen molar-refractivity contribution in [3.8, 4) is 17.2 Å². The number of anilines is 1. The van der Waals surface area contributed by atoms with E-state index in [1.54, 1.807) is 6.07 Å². The number of carbonyl (C=O) groups excluding carboxylic acids is 2. The van der Waals surface area contributed by atoms with Gasteiger partial charge in [-0.3, -0.25) is 14.9 Å². The molecule has 10 heteroatoms. The highest BCUT2D eigenvalue weighted by atomic mass is 16.6. The van der Waals surface area contributed by atoms with Crippen molar-refractivity contribution in [3.63, 3.8) is 0 Å². The Labute approximate surface area is 203 Å². The lowest BCUT2D eigenvalue weighted by molar-refractivity contribution is -0.384. The summed E-state index contributed by atoms with van der Waals surface area (Å²) in [5.41, 5.74) is 0.494. The number of hydrogen-bond acceptors (Lipinski definition) is 9. The van der Waals surface area contributed by atoms with Crippen molar-refractivity contribution in [1.29, 1.82) is 0 Å². The molecular weight excluding hydrogens is 456 g/mol. The number of benzene rings is 2. The summed E-state index contributed by atoms with van der Waals surface area (Å²) in [6.07, 6.45) is 1.06. The van der Waals surface area contributed by atoms with Crippen LogP contribution in [0.4, 0.5) is 11.4 Å². The molecule has 2 aromatic carbocycles. The average Bonchev–Trinajstić information content (AvgIpc) is 2.84. The topological polar surface area (TPSA) is 117 Å². The van der Waals surface area contributed by atoms with E-state index in [1.807, 2.05) is 4.90 Å². The van der Waals surface area contributed by atoms with Gasteiger partial charge in [0.2, 0.25) is 11.5 Å². The molecule has 0 spiro atoms. The molecule has 1 aliphatic rings. The van der Waals surface area contributed by atoms with Gasteiger partial charge < -0.3 is 23.8 Å². The Morgan fingerprint density at radius 3 is 2.09 bits per heavy atom. The van der Waals surface area contributed by atoms with Gasteiger partial charge in [-0.2, -0.15) is 0 Å². The minimum atomic E-state index is -0.833. The minimum absolute atomic E-state index is 0.00347. The first-order chi connectivity index (χ1) is 16.7. The number of methoxy groups -OCH3 is 3. The molecule has 3 rings (SSSR count). The first-order valence-electron chi connectivity index (χ1n) is 11.2. The maximum Gasteiger partial charge on any atom is 0.338 e. The molecule has 1 fully saturated rings. The zero-order valence-corrected chi connectivity index (χ0v) is 20.5. The summed E-state index contributed by atoms with van der Waals surface area (Å²) in [5, 5.41) is 11.8. The number of ketones is 1. The van der Waals surface area contributed by atoms with Crippen LogP contribution in [0, 0.1) is 22.0 Å². The van der Waals surface area contributed by atoms with E-state index in [2.05, 4.69) is 13.8 Å². The van der Waals surface area contributed by atoms with Crippen LogP contribution >= 0.6 is 0 Å². The van der Waals surface area contributed by atoms with Gasteiger partial charge in [-0.25, -0.2) is 4.79 Å². The third-order valence-electron chi connectivity index (χ3n) is 5.94. The fraction of sp³-hybridized carbons (Fsp3) is 0.440. The van der Waals surface area contributed by atoms with Crippen LogP contribution in [-0.2, 0) is 4.74 Å². The van der Waals surface area contributed by atoms with Gasteiger partial charge in [0.25, 0.3) is 5.69 Å². The molecule has 0 radical (unpaired) electrons. The van der Waals surface area contributed by atoms with Crippen LogP contribution in [0.5, 0.6) is 17.2 Å². The van der Waals surface area contributed by atoms with Gasteiger partial charge in [-0.1, -0.05) is 13.8 Å². The standard InChI is InChI=1S/C25H30N2O8/c1-15-8-16(2)13-26(12-15)19-7-6-17(9-20(19)27(30)31)25(29)35-14-21(28)18-10-22(32-3)24(34-5)23(11-18)33-4/h6-7,9-11,15-16H,8,12-14H2,1-5H3. The second kappa shape index (κ2) is 11.1. The van der Waals surface area contributed by atoms with E-state index in [9.17, 15) is 19.7 Å². The van der Waals surface area contributed by atoms with Crippen LogP contribution in [0.2, 0.25) is 0 Å². The quantitative estimate of drug-likeness (QED) is 0.223. The summed E-state index contributed by atoms with van der Waals surface area (Å²) >= 11 is 0. The Bertz CT molecular complexity index is 1080. The Kier molecular flexibility index (Phi) is 8.16. The lowest BCUT2D eigenvalue weighted by Gasteiger charge is -2.36. The first kappa shape index (κ1) is 25.8. The van der Waals surface area contributed by atoms with Crippen molar-refractivity contribution < 1.29 is 33.5 Å². The van der Waals surface area contributed by atoms with Crippen molar-refractivity contribution in [3.05, 3.63) is 51.6 Å². The molecule has 0 aliphatic carbocycles. The molecule has 0 saturated carbocycles. The molecule has 2 unspecified atom stereocenters. The fourth-order valence-corrected chi connectivity index (χ4v) is 4.46. The average molecular weight is 487 g/mol. The molecular formula is C25H30N2O8. The van der Waals surface area contributed by atoms with E-state index < -0.39 is 23.3 Å². The van der Waals surface area contributed by atoms with Gasteiger partial charge in [0.05, 0.1) is 31.8 Å². The van der Waals surface area contributed by atoms with Crippen molar-refractivity contribution in [2.75, 3.05) is 45.9 Å². The van der Waals surface area contributed by atoms with Crippen LogP contribution < -0.4 is 19.1 Å². The Morgan fingerprint density at radius 1 is 0.971 bits per heavy atom. The lowest BCUT2D eigenvalue weighted by Crippen LogP contribution is -2.39. The van der Waals surface area contributed by atoms with Crippen LogP contribution in [0.1, 0.15) is 41.0 Å². The minimum Gasteiger partial charge on any atom is -0.493 e. The highest BCUT2D eigenvalue weighted by Crippen LogP contribution is 2.38. The number of rotatable bonds is 9. The van der Waals surface area contributed by atoms with Gasteiger partial charge >= 0.3 is 5.97 Å². The molecule has 2 atom stereocenters. The monoisotopic (exact) mass is 486 g/mol. The van der Waals surface area contributed by atoms with E-state index in [1.165, 1.54) is 45.6 Å². The largest absolute Gasteiger partial charge is 0.493 e. The normalized spacial score (nSPS) is 17.5. The summed E-state index contributed by atoms with van der Waals surface area (Å²) in [5.74, 6) is 0.380. The molecule has 2 aromatic rings. The second-order valence-corrected chi connectivity index (χ2v) is 8.72. The van der Waals surface area contributed by atoms with E-state index in [4.69, 9.17) is 18.9 Å². The van der Waals surface area contributed by atoms with E-state index >= 15 is 0 Å². The summed E-state index contributed by atoms with van der Waals surface area (Å²) in [7, 11) is 4.29. The van der Waals surface area contributed by atoms with Crippen molar-refractivity contribution in [2.45, 2.75) is 20.3 Å². The summed E-state index contributed by atoms with van der Waals surface area (Å²) in [4.78, 5) is 38.5. The zero-order chi connectivity index (χ0) is 25.7. The second-order valence-electron chi connectivity index (χ2n) is 8.72. The maximum atomic E-state index is 12.7. The lowest BCUT2D eigenvalue weighted by atomic mass is 9.91. The van der Waals surface area contributed by atoms with E-state index in [0.29, 0.717) is 36.4 Å². The summed E-state index contributed by atoms with van der Waals surface area (Å²) < 4.78 is 20.9.